The fraction of sp³-hybridized carbons (Fsp3) is 1.00. The molecule has 2 unspecified atom stereocenters. The van der Waals surface area contributed by atoms with Crippen LogP contribution < -0.4 is 0 Å². The van der Waals surface area contributed by atoms with Gasteiger partial charge < -0.3 is 4.74 Å². The Balaban J connectivity index is 2.40. The average molecular weight is 142 g/mol. The SMILES string of the molecule is CC(C)C1CCCOC1C. The zero-order chi connectivity index (χ0) is 7.56. The van der Waals surface area contributed by atoms with Crippen molar-refractivity contribution >= 4 is 0 Å². The zero-order valence-corrected chi connectivity index (χ0v) is 7.26. The van der Waals surface area contributed by atoms with Crippen LogP contribution in [0.3, 0.4) is 0 Å². The van der Waals surface area contributed by atoms with Crippen LogP contribution in [0, 0.1) is 11.8 Å². The van der Waals surface area contributed by atoms with Crippen molar-refractivity contribution < 1.29 is 4.74 Å². The standard InChI is InChI=1S/C9H18O/c1-7(2)9-5-4-6-10-8(9)3/h7-9H,4-6H2,1-3H3. The van der Waals surface area contributed by atoms with Gasteiger partial charge in [0.2, 0.25) is 0 Å². The Bertz CT molecular complexity index is 98.9. The van der Waals surface area contributed by atoms with Crippen molar-refractivity contribution in [2.24, 2.45) is 11.8 Å². The van der Waals surface area contributed by atoms with Crippen LogP contribution in [0.15, 0.2) is 0 Å². The van der Waals surface area contributed by atoms with Crippen LogP contribution in [0.5, 0.6) is 0 Å². The first-order valence-corrected chi connectivity index (χ1v) is 4.33. The van der Waals surface area contributed by atoms with Crippen LogP contribution in [-0.2, 0) is 4.74 Å². The minimum absolute atomic E-state index is 0.494. The Morgan fingerprint density at radius 3 is 2.50 bits per heavy atom. The van der Waals surface area contributed by atoms with Gasteiger partial charge in [-0.05, 0) is 31.6 Å². The first kappa shape index (κ1) is 8.06. The summed E-state index contributed by atoms with van der Waals surface area (Å²) < 4.78 is 5.55. The molecule has 0 aromatic rings. The summed E-state index contributed by atoms with van der Waals surface area (Å²) in [5.41, 5.74) is 0. The summed E-state index contributed by atoms with van der Waals surface area (Å²) in [6.07, 6.45) is 3.11. The molecule has 0 aromatic carbocycles. The van der Waals surface area contributed by atoms with E-state index < -0.39 is 0 Å². The van der Waals surface area contributed by atoms with E-state index in [0.29, 0.717) is 6.10 Å². The molecule has 1 nitrogen and oxygen atoms in total. The molecule has 2 atom stereocenters. The van der Waals surface area contributed by atoms with Crippen molar-refractivity contribution in [2.45, 2.75) is 39.7 Å². The van der Waals surface area contributed by atoms with Gasteiger partial charge in [-0.1, -0.05) is 13.8 Å². The van der Waals surface area contributed by atoms with E-state index in [9.17, 15) is 0 Å². The summed E-state index contributed by atoms with van der Waals surface area (Å²) in [6, 6.07) is 0. The molecule has 0 N–H and O–H groups in total. The van der Waals surface area contributed by atoms with Crippen LogP contribution in [0.2, 0.25) is 0 Å². The van der Waals surface area contributed by atoms with Crippen LogP contribution >= 0.6 is 0 Å². The van der Waals surface area contributed by atoms with Crippen LogP contribution in [0.4, 0.5) is 0 Å². The molecule has 1 saturated heterocycles. The fourth-order valence-electron chi connectivity index (χ4n) is 1.82. The summed E-state index contributed by atoms with van der Waals surface area (Å²) in [7, 11) is 0. The molecule has 0 spiro atoms. The average Bonchev–Trinajstić information content (AvgIpc) is 1.88. The number of ether oxygens (including phenoxy) is 1. The van der Waals surface area contributed by atoms with Gasteiger partial charge in [-0.2, -0.15) is 0 Å². The Morgan fingerprint density at radius 2 is 2.10 bits per heavy atom. The fourth-order valence-corrected chi connectivity index (χ4v) is 1.82. The maximum atomic E-state index is 5.55. The van der Waals surface area contributed by atoms with E-state index in [-0.39, 0.29) is 0 Å². The number of hydrogen-bond donors (Lipinski definition) is 0. The second kappa shape index (κ2) is 3.38. The van der Waals surface area contributed by atoms with Crippen molar-refractivity contribution in [2.75, 3.05) is 6.61 Å². The highest BCUT2D eigenvalue weighted by molar-refractivity contribution is 4.73. The highest BCUT2D eigenvalue weighted by Gasteiger charge is 2.24. The van der Waals surface area contributed by atoms with Gasteiger partial charge in [-0.3, -0.25) is 0 Å². The molecular weight excluding hydrogens is 124 g/mol. The van der Waals surface area contributed by atoms with E-state index in [1.54, 1.807) is 0 Å². The molecule has 1 aliphatic rings. The predicted octanol–water partition coefficient (Wildman–Crippen LogP) is 2.46. The minimum Gasteiger partial charge on any atom is -0.378 e. The van der Waals surface area contributed by atoms with Gasteiger partial charge in [0.05, 0.1) is 6.10 Å². The third kappa shape index (κ3) is 1.72. The Labute approximate surface area is 63.8 Å². The molecule has 1 fully saturated rings. The van der Waals surface area contributed by atoms with Crippen molar-refractivity contribution in [3.63, 3.8) is 0 Å². The normalized spacial score (nSPS) is 34.8. The van der Waals surface area contributed by atoms with E-state index in [0.717, 1.165) is 18.4 Å². The Hall–Kier alpha value is -0.0400. The topological polar surface area (TPSA) is 9.23 Å². The molecule has 60 valence electrons. The van der Waals surface area contributed by atoms with E-state index in [4.69, 9.17) is 4.74 Å². The van der Waals surface area contributed by atoms with Crippen LogP contribution in [0.1, 0.15) is 33.6 Å². The zero-order valence-electron chi connectivity index (χ0n) is 7.26. The largest absolute Gasteiger partial charge is 0.378 e. The Morgan fingerprint density at radius 1 is 1.40 bits per heavy atom. The summed E-state index contributed by atoms with van der Waals surface area (Å²) in [6.45, 7) is 7.75. The van der Waals surface area contributed by atoms with Gasteiger partial charge in [-0.25, -0.2) is 0 Å². The first-order chi connectivity index (χ1) is 4.72. The van der Waals surface area contributed by atoms with E-state index in [1.165, 1.54) is 12.8 Å². The summed E-state index contributed by atoms with van der Waals surface area (Å²) in [4.78, 5) is 0. The molecule has 1 heterocycles. The molecule has 0 saturated carbocycles. The van der Waals surface area contributed by atoms with Gasteiger partial charge in [0.1, 0.15) is 0 Å². The summed E-state index contributed by atoms with van der Waals surface area (Å²) >= 11 is 0. The molecule has 0 aromatic heterocycles. The maximum Gasteiger partial charge on any atom is 0.0577 e. The lowest BCUT2D eigenvalue weighted by Crippen LogP contribution is -2.30. The molecule has 1 rings (SSSR count). The lowest BCUT2D eigenvalue weighted by Gasteiger charge is -2.31. The van der Waals surface area contributed by atoms with Crippen molar-refractivity contribution in [1.82, 2.24) is 0 Å². The third-order valence-electron chi connectivity index (χ3n) is 2.52. The van der Waals surface area contributed by atoms with E-state index in [1.807, 2.05) is 0 Å². The second-order valence-electron chi connectivity index (χ2n) is 3.63. The molecule has 0 aliphatic carbocycles. The first-order valence-electron chi connectivity index (χ1n) is 4.33. The maximum absolute atomic E-state index is 5.55. The number of hydrogen-bond acceptors (Lipinski definition) is 1. The quantitative estimate of drug-likeness (QED) is 0.546. The van der Waals surface area contributed by atoms with Gasteiger partial charge in [0, 0.05) is 6.61 Å². The highest BCUT2D eigenvalue weighted by Crippen LogP contribution is 2.26. The van der Waals surface area contributed by atoms with Gasteiger partial charge in [0.15, 0.2) is 0 Å². The van der Waals surface area contributed by atoms with E-state index in [2.05, 4.69) is 20.8 Å². The van der Waals surface area contributed by atoms with Gasteiger partial charge >= 0.3 is 0 Å². The summed E-state index contributed by atoms with van der Waals surface area (Å²) in [5, 5.41) is 0. The third-order valence-corrected chi connectivity index (χ3v) is 2.52. The molecule has 0 radical (unpaired) electrons. The second-order valence-corrected chi connectivity index (χ2v) is 3.63. The monoisotopic (exact) mass is 142 g/mol. The van der Waals surface area contributed by atoms with Crippen molar-refractivity contribution in [3.05, 3.63) is 0 Å². The molecule has 1 heteroatoms. The lowest BCUT2D eigenvalue weighted by molar-refractivity contribution is -0.0299. The van der Waals surface area contributed by atoms with Crippen LogP contribution in [-0.4, -0.2) is 12.7 Å². The Kier molecular flexibility index (Phi) is 2.72. The molecule has 0 bridgehead atoms. The molecule has 0 amide bonds. The van der Waals surface area contributed by atoms with Crippen molar-refractivity contribution in [3.8, 4) is 0 Å². The summed E-state index contributed by atoms with van der Waals surface area (Å²) in [5.74, 6) is 1.59. The van der Waals surface area contributed by atoms with Gasteiger partial charge in [-0.15, -0.1) is 0 Å². The molecule has 10 heavy (non-hydrogen) atoms. The van der Waals surface area contributed by atoms with E-state index >= 15 is 0 Å². The van der Waals surface area contributed by atoms with Crippen LogP contribution in [0.25, 0.3) is 0 Å². The van der Waals surface area contributed by atoms with Gasteiger partial charge in [0.25, 0.3) is 0 Å². The minimum atomic E-state index is 0.494. The molecule has 1 aliphatic heterocycles. The predicted molar refractivity (Wildman–Crippen MR) is 43.0 cm³/mol. The highest BCUT2D eigenvalue weighted by atomic mass is 16.5. The number of rotatable bonds is 1. The lowest BCUT2D eigenvalue weighted by atomic mass is 9.85. The smallest absolute Gasteiger partial charge is 0.0577 e. The molecular formula is C9H18O. The van der Waals surface area contributed by atoms with Crippen molar-refractivity contribution in [1.29, 1.82) is 0 Å².